The van der Waals surface area contributed by atoms with E-state index in [2.05, 4.69) is 0 Å². The molecule has 1 heterocycles. The Labute approximate surface area is 171 Å². The number of nitrogens with zero attached hydrogens (tertiary/aromatic N) is 1. The lowest BCUT2D eigenvalue weighted by molar-refractivity contribution is -0.118. The largest absolute Gasteiger partial charge is 0.388 e. The molecule has 29 heavy (non-hydrogen) atoms. The van der Waals surface area contributed by atoms with E-state index in [0.717, 1.165) is 11.1 Å². The molecule has 0 bridgehead atoms. The molecule has 152 valence electrons. The van der Waals surface area contributed by atoms with Crippen LogP contribution in [0.3, 0.4) is 0 Å². The lowest BCUT2D eigenvalue weighted by Gasteiger charge is -2.25. The van der Waals surface area contributed by atoms with Crippen LogP contribution in [0.5, 0.6) is 0 Å². The number of amides is 2. The van der Waals surface area contributed by atoms with Crippen molar-refractivity contribution in [3.63, 3.8) is 0 Å². The summed E-state index contributed by atoms with van der Waals surface area (Å²) in [5, 5.41) is 10.5. The zero-order valence-electron chi connectivity index (χ0n) is 17.5. The molecule has 1 N–H and O–H groups in total. The van der Waals surface area contributed by atoms with Gasteiger partial charge < -0.3 is 5.11 Å². The number of aliphatic hydroxyl groups excluding tert-OH is 1. The van der Waals surface area contributed by atoms with Gasteiger partial charge in [-0.1, -0.05) is 58.0 Å². The fourth-order valence-corrected chi connectivity index (χ4v) is 3.94. The molecule has 2 aromatic carbocycles. The number of fused-ring (bicyclic) bond motifs is 1. The van der Waals surface area contributed by atoms with Gasteiger partial charge in [0.05, 0.1) is 22.9 Å². The van der Waals surface area contributed by atoms with Gasteiger partial charge in [-0.05, 0) is 41.5 Å². The van der Waals surface area contributed by atoms with E-state index in [1.54, 1.807) is 18.2 Å². The Balaban J connectivity index is 2.20. The van der Waals surface area contributed by atoms with E-state index < -0.39 is 17.9 Å². The fourth-order valence-electron chi connectivity index (χ4n) is 3.94. The van der Waals surface area contributed by atoms with E-state index in [1.807, 2.05) is 45.9 Å². The highest BCUT2D eigenvalue weighted by atomic mass is 16.3. The van der Waals surface area contributed by atoms with Crippen molar-refractivity contribution in [1.29, 1.82) is 0 Å². The van der Waals surface area contributed by atoms with Crippen molar-refractivity contribution >= 4 is 23.3 Å². The molecule has 2 aromatic rings. The zero-order valence-corrected chi connectivity index (χ0v) is 17.5. The fraction of sp³-hybridized carbons (Fsp3) is 0.375. The highest BCUT2D eigenvalue weighted by molar-refractivity contribution is 6.35. The van der Waals surface area contributed by atoms with Crippen LogP contribution in [0, 0.1) is 0 Å². The summed E-state index contributed by atoms with van der Waals surface area (Å²) in [4.78, 5) is 39.5. The Kier molecular flexibility index (Phi) is 5.71. The van der Waals surface area contributed by atoms with Crippen LogP contribution >= 0.6 is 0 Å². The van der Waals surface area contributed by atoms with E-state index in [4.69, 9.17) is 0 Å². The maximum atomic E-state index is 13.5. The third kappa shape index (κ3) is 3.62. The molecule has 0 saturated heterocycles. The summed E-state index contributed by atoms with van der Waals surface area (Å²) < 4.78 is 0. The van der Waals surface area contributed by atoms with Gasteiger partial charge in [-0.25, -0.2) is 4.90 Å². The molecule has 1 unspecified atom stereocenters. The standard InChI is InChI=1S/C24H27NO4/c1-13(2)16-8-6-9-17(14(3)4)22(16)25-23(28)19-11-7-10-18(21(19)24(25)29)20(27)12-15(5)26/h6-11,13-14,20,27H,12H2,1-5H3. The summed E-state index contributed by atoms with van der Waals surface area (Å²) in [6.45, 7) is 9.51. The van der Waals surface area contributed by atoms with Crippen molar-refractivity contribution in [1.82, 2.24) is 0 Å². The SMILES string of the molecule is CC(=O)CC(O)c1cccc2c1C(=O)N(c1c(C(C)C)cccc1C(C)C)C2=O. The molecule has 0 aromatic heterocycles. The van der Waals surface area contributed by atoms with Crippen molar-refractivity contribution in [3.05, 3.63) is 64.2 Å². The average Bonchev–Trinajstić information content (AvgIpc) is 2.91. The second kappa shape index (κ2) is 7.91. The maximum absolute atomic E-state index is 13.5. The second-order valence-electron chi connectivity index (χ2n) is 8.23. The molecule has 3 rings (SSSR count). The predicted octanol–water partition coefficient (Wildman–Crippen LogP) is 4.75. The Bertz CT molecular complexity index is 964. The van der Waals surface area contributed by atoms with Gasteiger partial charge in [-0.2, -0.15) is 0 Å². The maximum Gasteiger partial charge on any atom is 0.266 e. The topological polar surface area (TPSA) is 74.7 Å². The highest BCUT2D eigenvalue weighted by Crippen LogP contribution is 2.41. The summed E-state index contributed by atoms with van der Waals surface area (Å²) in [5.74, 6) is -0.780. The molecule has 5 heteroatoms. The van der Waals surface area contributed by atoms with Crippen LogP contribution < -0.4 is 4.90 Å². The van der Waals surface area contributed by atoms with Crippen LogP contribution in [-0.2, 0) is 4.79 Å². The van der Waals surface area contributed by atoms with Gasteiger partial charge in [-0.15, -0.1) is 0 Å². The molecule has 1 aliphatic rings. The molecule has 1 atom stereocenters. The Morgan fingerprint density at radius 3 is 1.93 bits per heavy atom. The number of imide groups is 1. The van der Waals surface area contributed by atoms with Crippen LogP contribution in [0.25, 0.3) is 0 Å². The van der Waals surface area contributed by atoms with Crippen LogP contribution in [-0.4, -0.2) is 22.7 Å². The number of para-hydroxylation sites is 1. The van der Waals surface area contributed by atoms with E-state index in [1.165, 1.54) is 11.8 Å². The quantitative estimate of drug-likeness (QED) is 0.719. The number of hydrogen-bond acceptors (Lipinski definition) is 4. The third-order valence-electron chi connectivity index (χ3n) is 5.35. The zero-order chi connectivity index (χ0) is 21.5. The summed E-state index contributed by atoms with van der Waals surface area (Å²) >= 11 is 0. The summed E-state index contributed by atoms with van der Waals surface area (Å²) in [5.41, 5.74) is 3.28. The van der Waals surface area contributed by atoms with Crippen molar-refractivity contribution in [2.75, 3.05) is 4.90 Å². The molecule has 0 saturated carbocycles. The minimum absolute atomic E-state index is 0.0995. The van der Waals surface area contributed by atoms with Gasteiger partial charge in [0.2, 0.25) is 0 Å². The summed E-state index contributed by atoms with van der Waals surface area (Å²) in [6, 6.07) is 10.7. The molecule has 5 nitrogen and oxygen atoms in total. The van der Waals surface area contributed by atoms with Crippen molar-refractivity contribution in [2.45, 2.75) is 59.0 Å². The first-order chi connectivity index (χ1) is 13.6. The van der Waals surface area contributed by atoms with Crippen LogP contribution in [0.15, 0.2) is 36.4 Å². The van der Waals surface area contributed by atoms with E-state index >= 15 is 0 Å². The molecule has 0 aliphatic carbocycles. The lowest BCUT2D eigenvalue weighted by atomic mass is 9.92. The smallest absolute Gasteiger partial charge is 0.266 e. The van der Waals surface area contributed by atoms with E-state index in [9.17, 15) is 19.5 Å². The predicted molar refractivity (Wildman–Crippen MR) is 112 cm³/mol. The Hall–Kier alpha value is -2.79. The first kappa shape index (κ1) is 20.9. The number of benzene rings is 2. The van der Waals surface area contributed by atoms with Crippen LogP contribution in [0.2, 0.25) is 0 Å². The lowest BCUT2D eigenvalue weighted by Crippen LogP contribution is -2.32. The monoisotopic (exact) mass is 393 g/mol. The number of hydrogen-bond donors (Lipinski definition) is 1. The average molecular weight is 393 g/mol. The number of ketones is 1. The number of anilines is 1. The number of Topliss-reactive ketones (excluding diaryl/α,β-unsaturated/α-hetero) is 1. The van der Waals surface area contributed by atoms with Gasteiger partial charge in [0.1, 0.15) is 5.78 Å². The number of carbonyl (C=O) groups is 3. The first-order valence-electron chi connectivity index (χ1n) is 9.97. The minimum atomic E-state index is -1.12. The van der Waals surface area contributed by atoms with Gasteiger partial charge in [0, 0.05) is 6.42 Å². The second-order valence-corrected chi connectivity index (χ2v) is 8.23. The summed E-state index contributed by atoms with van der Waals surface area (Å²) in [6.07, 6.45) is -1.22. The van der Waals surface area contributed by atoms with Crippen LogP contribution in [0.4, 0.5) is 5.69 Å². The number of aliphatic hydroxyl groups is 1. The van der Waals surface area contributed by atoms with E-state index in [0.29, 0.717) is 11.3 Å². The minimum Gasteiger partial charge on any atom is -0.388 e. The first-order valence-corrected chi connectivity index (χ1v) is 9.97. The summed E-state index contributed by atoms with van der Waals surface area (Å²) in [7, 11) is 0. The molecular weight excluding hydrogens is 366 g/mol. The molecule has 2 amide bonds. The van der Waals surface area contributed by atoms with E-state index in [-0.39, 0.29) is 35.2 Å². The third-order valence-corrected chi connectivity index (χ3v) is 5.35. The van der Waals surface area contributed by atoms with Gasteiger partial charge in [0.25, 0.3) is 11.8 Å². The molecule has 1 aliphatic heterocycles. The number of rotatable bonds is 6. The van der Waals surface area contributed by atoms with Gasteiger partial charge in [-0.3, -0.25) is 14.4 Å². The molecule has 0 spiro atoms. The Morgan fingerprint density at radius 2 is 1.41 bits per heavy atom. The van der Waals surface area contributed by atoms with Crippen molar-refractivity contribution in [2.24, 2.45) is 0 Å². The molecule has 0 radical (unpaired) electrons. The van der Waals surface area contributed by atoms with Crippen molar-refractivity contribution in [3.8, 4) is 0 Å². The van der Waals surface area contributed by atoms with Gasteiger partial charge >= 0.3 is 0 Å². The number of carbonyl (C=O) groups excluding carboxylic acids is 3. The van der Waals surface area contributed by atoms with Crippen LogP contribution in [0.1, 0.15) is 96.4 Å². The molecular formula is C24H27NO4. The molecule has 0 fully saturated rings. The Morgan fingerprint density at radius 1 is 0.897 bits per heavy atom. The van der Waals surface area contributed by atoms with Crippen molar-refractivity contribution < 1.29 is 19.5 Å². The normalized spacial score (nSPS) is 14.7. The highest BCUT2D eigenvalue weighted by Gasteiger charge is 2.41. The van der Waals surface area contributed by atoms with Gasteiger partial charge in [0.15, 0.2) is 0 Å².